The summed E-state index contributed by atoms with van der Waals surface area (Å²) in [4.78, 5) is 13.4. The maximum atomic E-state index is 13.4. The lowest BCUT2D eigenvalue weighted by Gasteiger charge is -2.11. The number of fused-ring (bicyclic) bond motifs is 4. The Kier molecular flexibility index (Phi) is 5.13. The molecule has 6 N–H and O–H groups in total. The lowest BCUT2D eigenvalue weighted by atomic mass is 10.1. The predicted molar refractivity (Wildman–Crippen MR) is 163 cm³/mol. The van der Waals surface area contributed by atoms with Gasteiger partial charge in [0.2, 0.25) is 5.43 Å². The molecule has 0 aliphatic carbocycles. The third-order valence-electron chi connectivity index (χ3n) is 6.98. The Morgan fingerprint density at radius 3 is 1.59 bits per heavy atom. The van der Waals surface area contributed by atoms with Crippen molar-refractivity contribution < 1.29 is 4.42 Å². The van der Waals surface area contributed by atoms with Crippen LogP contribution in [0.15, 0.2) is 118 Å². The van der Waals surface area contributed by atoms with Gasteiger partial charge in [-0.25, -0.2) is 0 Å². The SMILES string of the molecule is Nc1ccc2cc(Nc3ccc4c(=O)c5cc(Nc6ccc7cc(N)ccc7c6)ccc5oc4c3)ccc2c1. The first-order chi connectivity index (χ1) is 19.0. The van der Waals surface area contributed by atoms with E-state index in [4.69, 9.17) is 15.9 Å². The van der Waals surface area contributed by atoms with Crippen LogP contribution in [0.3, 0.4) is 0 Å². The highest BCUT2D eigenvalue weighted by Gasteiger charge is 2.10. The molecule has 7 aromatic rings. The smallest absolute Gasteiger partial charge is 0.200 e. The van der Waals surface area contributed by atoms with Crippen LogP contribution in [0.5, 0.6) is 0 Å². The van der Waals surface area contributed by atoms with Gasteiger partial charge < -0.3 is 26.5 Å². The zero-order chi connectivity index (χ0) is 26.5. The van der Waals surface area contributed by atoms with Gasteiger partial charge in [0.05, 0.1) is 10.8 Å². The Bertz CT molecular complexity index is 2130. The normalized spacial score (nSPS) is 11.4. The van der Waals surface area contributed by atoms with Gasteiger partial charge in [0.15, 0.2) is 0 Å². The molecule has 0 amide bonds. The minimum atomic E-state index is -0.0706. The number of nitrogen functional groups attached to an aromatic ring is 2. The van der Waals surface area contributed by atoms with Crippen molar-refractivity contribution in [3.63, 3.8) is 0 Å². The Morgan fingerprint density at radius 2 is 0.949 bits per heavy atom. The zero-order valence-corrected chi connectivity index (χ0v) is 20.9. The Morgan fingerprint density at radius 1 is 0.462 bits per heavy atom. The molecular formula is C33H24N4O2. The number of nitrogens with two attached hydrogens (primary N) is 2. The summed E-state index contributed by atoms with van der Waals surface area (Å²) in [6.45, 7) is 0. The molecule has 0 saturated carbocycles. The van der Waals surface area contributed by atoms with Crippen molar-refractivity contribution in [3.05, 3.63) is 119 Å². The first kappa shape index (κ1) is 22.7. The first-order valence-electron chi connectivity index (χ1n) is 12.6. The molecule has 0 bridgehead atoms. The van der Waals surface area contributed by atoms with Gasteiger partial charge in [-0.3, -0.25) is 4.79 Å². The third-order valence-corrected chi connectivity index (χ3v) is 6.98. The van der Waals surface area contributed by atoms with E-state index in [1.54, 1.807) is 6.07 Å². The van der Waals surface area contributed by atoms with Gasteiger partial charge in [0.1, 0.15) is 11.2 Å². The Labute approximate surface area is 223 Å². The van der Waals surface area contributed by atoms with Crippen LogP contribution < -0.4 is 27.5 Å². The zero-order valence-electron chi connectivity index (χ0n) is 20.9. The topological polar surface area (TPSA) is 106 Å². The third kappa shape index (κ3) is 4.24. The number of rotatable bonds is 4. The molecule has 0 fully saturated rings. The fraction of sp³-hybridized carbons (Fsp3) is 0. The van der Waals surface area contributed by atoms with Crippen LogP contribution in [-0.4, -0.2) is 0 Å². The van der Waals surface area contributed by atoms with Gasteiger partial charge in [-0.15, -0.1) is 0 Å². The summed E-state index contributed by atoms with van der Waals surface area (Å²) in [5.74, 6) is 0. The van der Waals surface area contributed by atoms with Crippen molar-refractivity contribution >= 4 is 77.6 Å². The van der Waals surface area contributed by atoms with Crippen molar-refractivity contribution in [3.8, 4) is 0 Å². The van der Waals surface area contributed by atoms with E-state index in [1.807, 2.05) is 91.0 Å². The number of benzene rings is 6. The molecule has 39 heavy (non-hydrogen) atoms. The van der Waals surface area contributed by atoms with Crippen LogP contribution in [0.1, 0.15) is 0 Å². The first-order valence-corrected chi connectivity index (χ1v) is 12.6. The minimum Gasteiger partial charge on any atom is -0.456 e. The molecule has 0 unspecified atom stereocenters. The van der Waals surface area contributed by atoms with E-state index in [-0.39, 0.29) is 5.43 Å². The molecule has 7 rings (SSSR count). The average Bonchev–Trinajstić information content (AvgIpc) is 2.93. The lowest BCUT2D eigenvalue weighted by molar-refractivity contribution is 0.660. The molecule has 0 atom stereocenters. The molecule has 188 valence electrons. The molecule has 0 saturated heterocycles. The highest BCUT2D eigenvalue weighted by molar-refractivity contribution is 5.94. The largest absolute Gasteiger partial charge is 0.456 e. The molecule has 1 heterocycles. The van der Waals surface area contributed by atoms with Crippen LogP contribution in [0.25, 0.3) is 43.5 Å². The summed E-state index contributed by atoms with van der Waals surface area (Å²) in [5.41, 5.74) is 17.7. The van der Waals surface area contributed by atoms with Crippen molar-refractivity contribution in [2.75, 3.05) is 22.1 Å². The summed E-state index contributed by atoms with van der Waals surface area (Å²) in [6, 6.07) is 35.0. The fourth-order valence-corrected chi connectivity index (χ4v) is 5.03. The molecule has 0 spiro atoms. The fourth-order valence-electron chi connectivity index (χ4n) is 5.03. The molecule has 0 aliphatic heterocycles. The quantitative estimate of drug-likeness (QED) is 0.142. The molecule has 0 aliphatic rings. The van der Waals surface area contributed by atoms with Crippen molar-refractivity contribution in [2.45, 2.75) is 0 Å². The van der Waals surface area contributed by atoms with E-state index in [1.165, 1.54) is 0 Å². The van der Waals surface area contributed by atoms with E-state index >= 15 is 0 Å². The maximum Gasteiger partial charge on any atom is 0.200 e. The van der Waals surface area contributed by atoms with Gasteiger partial charge >= 0.3 is 0 Å². The van der Waals surface area contributed by atoms with Gasteiger partial charge in [-0.1, -0.05) is 24.3 Å². The highest BCUT2D eigenvalue weighted by atomic mass is 16.3. The lowest BCUT2D eigenvalue weighted by Crippen LogP contribution is -2.03. The Balaban J connectivity index is 1.20. The number of anilines is 6. The van der Waals surface area contributed by atoms with Crippen molar-refractivity contribution in [1.82, 2.24) is 0 Å². The molecule has 1 aromatic heterocycles. The van der Waals surface area contributed by atoms with E-state index in [0.717, 1.165) is 55.7 Å². The summed E-state index contributed by atoms with van der Waals surface area (Å²) < 4.78 is 6.17. The molecule has 6 nitrogen and oxygen atoms in total. The second-order valence-corrected chi connectivity index (χ2v) is 9.75. The van der Waals surface area contributed by atoms with Gasteiger partial charge in [0, 0.05) is 40.2 Å². The van der Waals surface area contributed by atoms with Gasteiger partial charge in [-0.2, -0.15) is 0 Å². The second-order valence-electron chi connectivity index (χ2n) is 9.75. The summed E-state index contributed by atoms with van der Waals surface area (Å²) in [6.07, 6.45) is 0. The van der Waals surface area contributed by atoms with E-state index in [0.29, 0.717) is 21.9 Å². The number of nitrogens with one attached hydrogen (secondary N) is 2. The Hall–Kier alpha value is -5.49. The van der Waals surface area contributed by atoms with Crippen LogP contribution in [-0.2, 0) is 0 Å². The maximum absolute atomic E-state index is 13.4. The summed E-state index contributed by atoms with van der Waals surface area (Å²) in [5, 5.41) is 12.2. The minimum absolute atomic E-state index is 0.0706. The summed E-state index contributed by atoms with van der Waals surface area (Å²) in [7, 11) is 0. The van der Waals surface area contributed by atoms with Crippen LogP contribution in [0.4, 0.5) is 34.1 Å². The molecule has 0 radical (unpaired) electrons. The average molecular weight is 509 g/mol. The summed E-state index contributed by atoms with van der Waals surface area (Å²) >= 11 is 0. The predicted octanol–water partition coefficient (Wildman–Crippen LogP) is 7.90. The standard InChI is InChI=1S/C33H24N4O2/c34-23-5-1-21-15-25(7-3-19(21)13-23)36-27-10-12-31-30(17-27)33(38)29-11-9-28(18-32(29)39-31)37-26-8-4-20-14-24(35)6-2-22(20)16-26/h1-18,36-37H,34-35H2. The molecule has 6 aromatic carbocycles. The highest BCUT2D eigenvalue weighted by Crippen LogP contribution is 2.29. The number of hydrogen-bond donors (Lipinski definition) is 4. The van der Waals surface area contributed by atoms with Gasteiger partial charge in [-0.05, 0) is 100 Å². The van der Waals surface area contributed by atoms with E-state index in [2.05, 4.69) is 22.8 Å². The molecule has 6 heteroatoms. The van der Waals surface area contributed by atoms with Gasteiger partial charge in [0.25, 0.3) is 0 Å². The van der Waals surface area contributed by atoms with Crippen LogP contribution >= 0.6 is 0 Å². The van der Waals surface area contributed by atoms with Crippen molar-refractivity contribution in [1.29, 1.82) is 0 Å². The number of hydrogen-bond acceptors (Lipinski definition) is 6. The molecular weight excluding hydrogens is 484 g/mol. The van der Waals surface area contributed by atoms with E-state index in [9.17, 15) is 4.79 Å². The van der Waals surface area contributed by atoms with Crippen molar-refractivity contribution in [2.24, 2.45) is 0 Å². The van der Waals surface area contributed by atoms with Crippen LogP contribution in [0, 0.1) is 0 Å². The monoisotopic (exact) mass is 508 g/mol. The second kappa shape index (κ2) is 8.82. The van der Waals surface area contributed by atoms with E-state index < -0.39 is 0 Å². The van der Waals surface area contributed by atoms with Crippen LogP contribution in [0.2, 0.25) is 0 Å².